The molecule has 0 aliphatic rings. The topological polar surface area (TPSA) is 176 Å². The van der Waals surface area contributed by atoms with Gasteiger partial charge in [0.15, 0.2) is 11.9 Å². The Kier molecular flexibility index (Phi) is 5.98. The smallest absolute Gasteiger partial charge is 0.328 e. The van der Waals surface area contributed by atoms with E-state index in [0.29, 0.717) is 5.69 Å². The van der Waals surface area contributed by atoms with Crippen molar-refractivity contribution >= 4 is 12.0 Å². The molecule has 134 valence electrons. The summed E-state index contributed by atoms with van der Waals surface area (Å²) in [5.74, 6) is -1.07. The molecule has 6 N–H and O–H groups in total. The molecule has 0 saturated heterocycles. The lowest BCUT2D eigenvalue weighted by Gasteiger charge is -2.16. The first-order chi connectivity index (χ1) is 11.9. The summed E-state index contributed by atoms with van der Waals surface area (Å²) in [6.07, 6.45) is 0.331. The summed E-state index contributed by atoms with van der Waals surface area (Å²) in [6.45, 7) is 1.11. The minimum Gasteiger partial charge on any atom is -0.480 e. The number of amides is 2. The largest absolute Gasteiger partial charge is 0.480 e. The van der Waals surface area contributed by atoms with Crippen molar-refractivity contribution in [2.45, 2.75) is 31.7 Å². The van der Waals surface area contributed by atoms with E-state index >= 15 is 0 Å². The number of aliphatic hydroxyl groups excluding tert-OH is 1. The third-order valence-corrected chi connectivity index (χ3v) is 3.20. The van der Waals surface area contributed by atoms with Gasteiger partial charge in [-0.25, -0.2) is 9.59 Å². The fourth-order valence-corrected chi connectivity index (χ4v) is 1.90. The molecule has 0 bridgehead atoms. The Morgan fingerprint density at radius 1 is 1.40 bits per heavy atom. The molecule has 11 heteroatoms. The van der Waals surface area contributed by atoms with Crippen LogP contribution in [0.1, 0.15) is 30.4 Å². The van der Waals surface area contributed by atoms with Gasteiger partial charge < -0.3 is 31.1 Å². The maximum absolute atomic E-state index is 11.7. The second-order valence-electron chi connectivity index (χ2n) is 5.16. The molecule has 2 heterocycles. The Morgan fingerprint density at radius 2 is 2.16 bits per heavy atom. The van der Waals surface area contributed by atoms with Crippen molar-refractivity contribution in [1.29, 1.82) is 0 Å². The van der Waals surface area contributed by atoms with Crippen molar-refractivity contribution in [3.8, 4) is 0 Å². The molecule has 2 rings (SSSR count). The van der Waals surface area contributed by atoms with Gasteiger partial charge in [-0.2, -0.15) is 4.98 Å². The number of nitrogens with two attached hydrogens (primary N) is 1. The molecule has 2 aromatic rings. The molecule has 0 saturated carbocycles. The van der Waals surface area contributed by atoms with Crippen LogP contribution in [0, 0.1) is 0 Å². The lowest BCUT2D eigenvalue weighted by molar-refractivity contribution is -0.141. The number of hydrogen-bond acceptors (Lipinski definition) is 8. The highest BCUT2D eigenvalue weighted by molar-refractivity contribution is 5.82. The van der Waals surface area contributed by atoms with E-state index in [9.17, 15) is 14.7 Å². The molecular formula is C14H18N6O5. The lowest BCUT2D eigenvalue weighted by Crippen LogP contribution is -2.51. The Balaban J connectivity index is 1.91. The molecule has 2 amide bonds. The number of carboxylic acids is 1. The molecule has 0 aliphatic heterocycles. The fourth-order valence-electron chi connectivity index (χ4n) is 1.90. The number of carbonyl (C=O) groups is 2. The number of carbonyl (C=O) groups excluding carboxylic acids is 1. The molecule has 0 radical (unpaired) electrons. The summed E-state index contributed by atoms with van der Waals surface area (Å²) >= 11 is 0. The van der Waals surface area contributed by atoms with Gasteiger partial charge in [-0.05, 0) is 19.1 Å². The second-order valence-corrected chi connectivity index (χ2v) is 5.16. The number of aromatic nitrogens is 3. The van der Waals surface area contributed by atoms with Crippen molar-refractivity contribution in [2.24, 2.45) is 5.73 Å². The van der Waals surface area contributed by atoms with Gasteiger partial charge in [-0.15, -0.1) is 0 Å². The Bertz CT molecular complexity index is 720. The van der Waals surface area contributed by atoms with Gasteiger partial charge in [0, 0.05) is 6.20 Å². The standard InChI is InChI=1S/C14H18N6O5/c1-7(21)11(13(22)23)19-14(24)17-6-9-18-12(20-25-9)10(15)8-4-2-3-5-16-8/h2-5,7,10-11,21H,6,15H2,1H3,(H,22,23)(H2,17,19,24)/t7?,10?,11-/m1/s1. The average Bonchev–Trinajstić information content (AvgIpc) is 3.06. The van der Waals surface area contributed by atoms with Gasteiger partial charge in [0.25, 0.3) is 0 Å². The first kappa shape index (κ1) is 18.3. The summed E-state index contributed by atoms with van der Waals surface area (Å²) in [4.78, 5) is 30.7. The van der Waals surface area contributed by atoms with Crippen LogP contribution in [0.15, 0.2) is 28.9 Å². The van der Waals surface area contributed by atoms with E-state index in [4.69, 9.17) is 15.4 Å². The fraction of sp³-hybridized carbons (Fsp3) is 0.357. The summed E-state index contributed by atoms with van der Waals surface area (Å²) < 4.78 is 4.98. The average molecular weight is 350 g/mol. The first-order valence-corrected chi connectivity index (χ1v) is 7.32. The minimum atomic E-state index is -1.43. The number of aliphatic hydroxyl groups is 1. The van der Waals surface area contributed by atoms with Gasteiger partial charge in [-0.3, -0.25) is 4.98 Å². The molecule has 2 aromatic heterocycles. The van der Waals surface area contributed by atoms with Crippen LogP contribution in [0.25, 0.3) is 0 Å². The van der Waals surface area contributed by atoms with Crippen molar-refractivity contribution in [3.63, 3.8) is 0 Å². The number of nitrogens with one attached hydrogen (secondary N) is 2. The Labute approximate surface area is 142 Å². The highest BCUT2D eigenvalue weighted by Gasteiger charge is 2.25. The third kappa shape index (κ3) is 4.96. The van der Waals surface area contributed by atoms with E-state index in [1.54, 1.807) is 24.4 Å². The van der Waals surface area contributed by atoms with E-state index in [-0.39, 0.29) is 18.3 Å². The first-order valence-electron chi connectivity index (χ1n) is 7.32. The van der Waals surface area contributed by atoms with Crippen molar-refractivity contribution in [1.82, 2.24) is 25.8 Å². The van der Waals surface area contributed by atoms with Crippen molar-refractivity contribution in [2.75, 3.05) is 0 Å². The number of rotatable bonds is 7. The molecule has 0 aliphatic carbocycles. The maximum Gasteiger partial charge on any atom is 0.328 e. The van der Waals surface area contributed by atoms with Gasteiger partial charge >= 0.3 is 12.0 Å². The van der Waals surface area contributed by atoms with Gasteiger partial charge in [0.2, 0.25) is 5.89 Å². The summed E-state index contributed by atoms with van der Waals surface area (Å²) in [5, 5.41) is 26.4. The van der Waals surface area contributed by atoms with Crippen LogP contribution in [0.2, 0.25) is 0 Å². The lowest BCUT2D eigenvalue weighted by atomic mass is 10.2. The number of hydrogen-bond donors (Lipinski definition) is 5. The van der Waals surface area contributed by atoms with E-state index in [1.807, 2.05) is 0 Å². The monoisotopic (exact) mass is 350 g/mol. The van der Waals surface area contributed by atoms with Crippen LogP contribution < -0.4 is 16.4 Å². The summed E-state index contributed by atoms with van der Waals surface area (Å²) in [7, 11) is 0. The quantitative estimate of drug-likeness (QED) is 0.425. The minimum absolute atomic E-state index is 0.0838. The van der Waals surface area contributed by atoms with E-state index in [2.05, 4.69) is 25.8 Å². The van der Waals surface area contributed by atoms with Gasteiger partial charge in [0.1, 0.15) is 6.04 Å². The summed E-state index contributed by atoms with van der Waals surface area (Å²) in [6, 6.07) is 2.32. The number of pyridine rings is 1. The molecule has 0 aromatic carbocycles. The number of aliphatic carboxylic acids is 1. The van der Waals surface area contributed by atoms with Gasteiger partial charge in [-0.1, -0.05) is 11.2 Å². The molecule has 3 atom stereocenters. The predicted molar refractivity (Wildman–Crippen MR) is 83.0 cm³/mol. The molecule has 11 nitrogen and oxygen atoms in total. The zero-order valence-electron chi connectivity index (χ0n) is 13.3. The number of carboxylic acid groups (broad SMARTS) is 1. The van der Waals surface area contributed by atoms with Crippen molar-refractivity contribution in [3.05, 3.63) is 41.8 Å². The zero-order valence-corrected chi connectivity index (χ0v) is 13.3. The Morgan fingerprint density at radius 3 is 2.76 bits per heavy atom. The SMILES string of the molecule is CC(O)[C@@H](NC(=O)NCc1nc(C(N)c2ccccn2)no1)C(=O)O. The normalized spacial score (nSPS) is 14.4. The zero-order chi connectivity index (χ0) is 18.4. The third-order valence-electron chi connectivity index (χ3n) is 3.20. The summed E-state index contributed by atoms with van der Waals surface area (Å²) in [5.41, 5.74) is 6.54. The van der Waals surface area contributed by atoms with Crippen LogP contribution in [-0.2, 0) is 11.3 Å². The van der Waals surface area contributed by atoms with Crippen LogP contribution in [0.3, 0.4) is 0 Å². The van der Waals surface area contributed by atoms with E-state index in [1.165, 1.54) is 6.92 Å². The second kappa shape index (κ2) is 8.17. The van der Waals surface area contributed by atoms with Crippen LogP contribution in [0.5, 0.6) is 0 Å². The van der Waals surface area contributed by atoms with Gasteiger partial charge in [0.05, 0.1) is 18.3 Å². The maximum atomic E-state index is 11.7. The van der Waals surface area contributed by atoms with E-state index in [0.717, 1.165) is 0 Å². The van der Waals surface area contributed by atoms with Crippen LogP contribution >= 0.6 is 0 Å². The molecule has 2 unspecified atom stereocenters. The van der Waals surface area contributed by atoms with Crippen LogP contribution in [-0.4, -0.2) is 49.5 Å². The Hall–Kier alpha value is -3.05. The highest BCUT2D eigenvalue weighted by atomic mass is 16.5. The van der Waals surface area contributed by atoms with Crippen LogP contribution in [0.4, 0.5) is 4.79 Å². The number of nitrogens with zero attached hydrogens (tertiary/aromatic N) is 3. The molecule has 25 heavy (non-hydrogen) atoms. The molecule has 0 spiro atoms. The molecule has 0 fully saturated rings. The molecular weight excluding hydrogens is 332 g/mol. The highest BCUT2D eigenvalue weighted by Crippen LogP contribution is 2.14. The van der Waals surface area contributed by atoms with Crippen molar-refractivity contribution < 1.29 is 24.3 Å². The number of urea groups is 1. The van der Waals surface area contributed by atoms with E-state index < -0.39 is 30.2 Å². The predicted octanol–water partition coefficient (Wildman–Crippen LogP) is -0.854.